The van der Waals surface area contributed by atoms with Crippen LogP contribution in [0.5, 0.6) is 0 Å². The SMILES string of the molecule is Cc1cc2ccccc2c2c1=CC=CCC=2. The fourth-order valence-corrected chi connectivity index (χ4v) is 2.41. The predicted molar refractivity (Wildman–Crippen MR) is 70.6 cm³/mol. The van der Waals surface area contributed by atoms with E-state index in [-0.39, 0.29) is 0 Å². The quantitative estimate of drug-likeness (QED) is 0.621. The molecule has 0 fully saturated rings. The lowest BCUT2D eigenvalue weighted by Gasteiger charge is -2.03. The van der Waals surface area contributed by atoms with Crippen molar-refractivity contribution in [3.8, 4) is 0 Å². The molecule has 1 aliphatic carbocycles. The third kappa shape index (κ3) is 1.38. The summed E-state index contributed by atoms with van der Waals surface area (Å²) in [5.74, 6) is 0. The van der Waals surface area contributed by atoms with Crippen LogP contribution in [0.25, 0.3) is 22.9 Å². The highest BCUT2D eigenvalue weighted by atomic mass is 14.0. The molecule has 0 saturated carbocycles. The van der Waals surface area contributed by atoms with E-state index < -0.39 is 0 Å². The van der Waals surface area contributed by atoms with Crippen molar-refractivity contribution in [1.29, 1.82) is 0 Å². The van der Waals surface area contributed by atoms with Gasteiger partial charge in [0.15, 0.2) is 0 Å². The van der Waals surface area contributed by atoms with E-state index in [4.69, 9.17) is 0 Å². The normalized spacial score (nSPS) is 13.8. The smallest absolute Gasteiger partial charge is 0.0108 e. The third-order valence-electron chi connectivity index (χ3n) is 3.20. The molecule has 0 atom stereocenters. The summed E-state index contributed by atoms with van der Waals surface area (Å²) >= 11 is 0. The van der Waals surface area contributed by atoms with Crippen LogP contribution in [0, 0.1) is 6.92 Å². The van der Waals surface area contributed by atoms with Crippen LogP contribution in [0.4, 0.5) is 0 Å². The Hall–Kier alpha value is -1.82. The second-order valence-corrected chi connectivity index (χ2v) is 4.28. The van der Waals surface area contributed by atoms with E-state index in [1.54, 1.807) is 0 Å². The molecule has 0 saturated heterocycles. The summed E-state index contributed by atoms with van der Waals surface area (Å²) in [6.07, 6.45) is 9.93. The highest BCUT2D eigenvalue weighted by molar-refractivity contribution is 5.85. The molecule has 0 nitrogen and oxygen atoms in total. The first-order valence-electron chi connectivity index (χ1n) is 5.72. The van der Waals surface area contributed by atoms with E-state index in [9.17, 15) is 0 Å². The Labute approximate surface area is 95.2 Å². The summed E-state index contributed by atoms with van der Waals surface area (Å²) in [7, 11) is 0. The van der Waals surface area contributed by atoms with E-state index in [1.807, 2.05) is 0 Å². The molecule has 2 aromatic carbocycles. The van der Waals surface area contributed by atoms with Gasteiger partial charge >= 0.3 is 0 Å². The largest absolute Gasteiger partial charge is 0.0807 e. The minimum atomic E-state index is 1.02. The Morgan fingerprint density at radius 3 is 2.88 bits per heavy atom. The first kappa shape index (κ1) is 9.41. The third-order valence-corrected chi connectivity index (χ3v) is 3.20. The molecule has 3 rings (SSSR count). The molecular weight excluding hydrogens is 192 g/mol. The van der Waals surface area contributed by atoms with Crippen molar-refractivity contribution in [2.24, 2.45) is 0 Å². The van der Waals surface area contributed by atoms with E-state index in [0.29, 0.717) is 0 Å². The van der Waals surface area contributed by atoms with Crippen LogP contribution in [0.1, 0.15) is 12.0 Å². The van der Waals surface area contributed by atoms with Crippen molar-refractivity contribution in [2.75, 3.05) is 0 Å². The summed E-state index contributed by atoms with van der Waals surface area (Å²) in [5.41, 5.74) is 1.36. The Bertz CT molecular complexity index is 688. The predicted octanol–water partition coefficient (Wildman–Crippen LogP) is 2.67. The zero-order valence-corrected chi connectivity index (χ0v) is 9.40. The summed E-state index contributed by atoms with van der Waals surface area (Å²) < 4.78 is 0. The van der Waals surface area contributed by atoms with Crippen molar-refractivity contribution in [3.05, 3.63) is 58.5 Å². The van der Waals surface area contributed by atoms with Gasteiger partial charge < -0.3 is 0 Å². The van der Waals surface area contributed by atoms with Crippen molar-refractivity contribution < 1.29 is 0 Å². The Morgan fingerprint density at radius 2 is 1.94 bits per heavy atom. The molecule has 0 aromatic heterocycles. The molecule has 0 N–H and O–H groups in total. The van der Waals surface area contributed by atoms with Gasteiger partial charge in [0.2, 0.25) is 0 Å². The standard InChI is InChI=1S/C16H14/c1-12-11-13-7-5-6-9-15(13)16-10-4-2-3-8-14(12)16/h2-3,5-11H,4H2,1H3. The molecule has 0 bridgehead atoms. The second kappa shape index (κ2) is 3.64. The van der Waals surface area contributed by atoms with Gasteiger partial charge in [0.05, 0.1) is 0 Å². The van der Waals surface area contributed by atoms with Crippen molar-refractivity contribution >= 4 is 22.9 Å². The van der Waals surface area contributed by atoms with Gasteiger partial charge in [-0.25, -0.2) is 0 Å². The average molecular weight is 206 g/mol. The zero-order valence-electron chi connectivity index (χ0n) is 9.40. The number of hydrogen-bond acceptors (Lipinski definition) is 0. The van der Waals surface area contributed by atoms with Crippen LogP contribution in [-0.2, 0) is 0 Å². The first-order chi connectivity index (χ1) is 7.86. The number of benzene rings is 2. The minimum absolute atomic E-state index is 1.02. The summed E-state index contributed by atoms with van der Waals surface area (Å²) in [4.78, 5) is 0. The number of aryl methyl sites for hydroxylation is 1. The van der Waals surface area contributed by atoms with Crippen LogP contribution in [0.3, 0.4) is 0 Å². The zero-order chi connectivity index (χ0) is 11.0. The molecule has 78 valence electrons. The molecule has 0 heterocycles. The highest BCUT2D eigenvalue weighted by Gasteiger charge is 1.99. The second-order valence-electron chi connectivity index (χ2n) is 4.28. The van der Waals surface area contributed by atoms with Gasteiger partial charge in [0, 0.05) is 0 Å². The summed E-state index contributed by atoms with van der Waals surface area (Å²) in [6, 6.07) is 10.9. The maximum Gasteiger partial charge on any atom is -0.0108 e. The molecule has 0 amide bonds. The molecule has 16 heavy (non-hydrogen) atoms. The molecule has 0 aliphatic heterocycles. The molecular formula is C16H14. The molecule has 0 unspecified atom stereocenters. The van der Waals surface area contributed by atoms with E-state index in [2.05, 4.69) is 61.6 Å². The number of fused-ring (bicyclic) bond motifs is 3. The molecule has 0 spiro atoms. The molecule has 0 heteroatoms. The van der Waals surface area contributed by atoms with Gasteiger partial charge in [-0.15, -0.1) is 0 Å². The van der Waals surface area contributed by atoms with Gasteiger partial charge in [-0.1, -0.05) is 54.6 Å². The van der Waals surface area contributed by atoms with Crippen LogP contribution in [0.15, 0.2) is 42.5 Å². The Morgan fingerprint density at radius 1 is 1.06 bits per heavy atom. The van der Waals surface area contributed by atoms with Gasteiger partial charge in [0.25, 0.3) is 0 Å². The lowest BCUT2D eigenvalue weighted by molar-refractivity contribution is 1.39. The Kier molecular flexibility index (Phi) is 2.14. The maximum absolute atomic E-state index is 2.32. The Balaban J connectivity index is 2.60. The van der Waals surface area contributed by atoms with Crippen LogP contribution in [-0.4, -0.2) is 0 Å². The fourth-order valence-electron chi connectivity index (χ4n) is 2.41. The average Bonchev–Trinajstić information content (AvgIpc) is 2.55. The number of rotatable bonds is 0. The van der Waals surface area contributed by atoms with Gasteiger partial charge in [-0.2, -0.15) is 0 Å². The fraction of sp³-hybridized carbons (Fsp3) is 0.125. The van der Waals surface area contributed by atoms with Crippen molar-refractivity contribution in [1.82, 2.24) is 0 Å². The van der Waals surface area contributed by atoms with Crippen LogP contribution < -0.4 is 10.4 Å². The van der Waals surface area contributed by atoms with Crippen molar-refractivity contribution in [3.63, 3.8) is 0 Å². The number of hydrogen-bond donors (Lipinski definition) is 0. The summed E-state index contributed by atoms with van der Waals surface area (Å²) in [5, 5.41) is 5.46. The first-order valence-corrected chi connectivity index (χ1v) is 5.72. The lowest BCUT2D eigenvalue weighted by Crippen LogP contribution is -2.27. The van der Waals surface area contributed by atoms with Gasteiger partial charge in [0.1, 0.15) is 0 Å². The molecule has 2 aromatic rings. The molecule has 1 aliphatic rings. The summed E-state index contributed by atoms with van der Waals surface area (Å²) in [6.45, 7) is 2.19. The number of allylic oxidation sites excluding steroid dienone is 2. The van der Waals surface area contributed by atoms with E-state index in [0.717, 1.165) is 6.42 Å². The maximum atomic E-state index is 2.32. The van der Waals surface area contributed by atoms with Gasteiger partial charge in [-0.3, -0.25) is 0 Å². The lowest BCUT2D eigenvalue weighted by atomic mass is 10.0. The van der Waals surface area contributed by atoms with Gasteiger partial charge in [-0.05, 0) is 40.1 Å². The topological polar surface area (TPSA) is 0 Å². The van der Waals surface area contributed by atoms with Crippen LogP contribution in [0.2, 0.25) is 0 Å². The highest BCUT2D eigenvalue weighted by Crippen LogP contribution is 2.09. The molecule has 0 radical (unpaired) electrons. The van der Waals surface area contributed by atoms with E-state index >= 15 is 0 Å². The monoisotopic (exact) mass is 206 g/mol. The van der Waals surface area contributed by atoms with Crippen LogP contribution >= 0.6 is 0 Å². The van der Waals surface area contributed by atoms with Crippen molar-refractivity contribution in [2.45, 2.75) is 13.3 Å². The van der Waals surface area contributed by atoms with E-state index in [1.165, 1.54) is 26.8 Å². The minimum Gasteiger partial charge on any atom is -0.0807 e.